The van der Waals surface area contributed by atoms with Crippen LogP contribution in [0.2, 0.25) is 0 Å². The fourth-order valence-electron chi connectivity index (χ4n) is 3.30. The molecule has 0 unspecified atom stereocenters. The number of pyridine rings is 1. The van der Waals surface area contributed by atoms with Gasteiger partial charge in [-0.2, -0.15) is 0 Å². The number of ether oxygens (including phenoxy) is 1. The average molecular weight is 455 g/mol. The van der Waals surface area contributed by atoms with Gasteiger partial charge in [0, 0.05) is 59.3 Å². The standard InChI is InChI=1S/C26H26N6O2/c1-18(26(33)32-21-8-5-19(6-9-21)7-10-25(29)34-17-28)14-20-16-30-13-11-22(20)23(15-27)24-4-2-3-12-31-24/h2-6,8-9,11-17,27-29,31H,7,10H2,1H3,(H,32,33)/b18-14-,24-23+,27-15?,28-17?,29-25?. The molecule has 172 valence electrons. The SMILES string of the molecule is C/C(=C/c1cnccc1/C(C=N)=C1\C=CC=CN1)C(=O)Nc1ccc(CCC(=N)OC=N)cc1. The smallest absolute Gasteiger partial charge is 0.251 e. The van der Waals surface area contributed by atoms with Gasteiger partial charge in [-0.05, 0) is 60.9 Å². The first-order valence-corrected chi connectivity index (χ1v) is 10.6. The van der Waals surface area contributed by atoms with Gasteiger partial charge < -0.3 is 20.8 Å². The number of carbonyl (C=O) groups excluding carboxylic acids is 1. The number of amides is 1. The van der Waals surface area contributed by atoms with E-state index in [1.807, 2.05) is 48.6 Å². The van der Waals surface area contributed by atoms with Gasteiger partial charge in [-0.3, -0.25) is 20.6 Å². The number of benzene rings is 1. The summed E-state index contributed by atoms with van der Waals surface area (Å²) in [4.78, 5) is 17.0. The number of hydrogen-bond donors (Lipinski definition) is 5. The highest BCUT2D eigenvalue weighted by molar-refractivity contribution is 6.12. The van der Waals surface area contributed by atoms with Crippen molar-refractivity contribution in [3.63, 3.8) is 0 Å². The van der Waals surface area contributed by atoms with Gasteiger partial charge in [-0.25, -0.2) is 0 Å². The van der Waals surface area contributed by atoms with Crippen molar-refractivity contribution in [3.8, 4) is 0 Å². The van der Waals surface area contributed by atoms with E-state index in [1.54, 1.807) is 31.6 Å². The van der Waals surface area contributed by atoms with E-state index in [4.69, 9.17) is 21.0 Å². The molecule has 5 N–H and O–H groups in total. The summed E-state index contributed by atoms with van der Waals surface area (Å²) in [6.07, 6.45) is 15.6. The zero-order valence-electron chi connectivity index (χ0n) is 18.8. The first-order valence-electron chi connectivity index (χ1n) is 10.6. The van der Waals surface area contributed by atoms with Crippen molar-refractivity contribution in [2.24, 2.45) is 0 Å². The molecule has 1 aromatic carbocycles. The molecule has 8 heteroatoms. The fraction of sp³-hybridized carbons (Fsp3) is 0.115. The zero-order chi connectivity index (χ0) is 24.3. The van der Waals surface area contributed by atoms with Crippen LogP contribution < -0.4 is 10.6 Å². The van der Waals surface area contributed by atoms with Crippen LogP contribution in [0.3, 0.4) is 0 Å². The number of allylic oxidation sites excluding steroid dienone is 4. The predicted octanol–water partition coefficient (Wildman–Crippen LogP) is 4.69. The van der Waals surface area contributed by atoms with Gasteiger partial charge in [0.15, 0.2) is 12.3 Å². The number of carbonyl (C=O) groups is 1. The molecule has 0 saturated carbocycles. The Bertz CT molecular complexity index is 1210. The second-order valence-corrected chi connectivity index (χ2v) is 7.43. The number of aromatic nitrogens is 1. The average Bonchev–Trinajstić information content (AvgIpc) is 2.86. The molecule has 0 spiro atoms. The summed E-state index contributed by atoms with van der Waals surface area (Å²) >= 11 is 0. The molecule has 0 fully saturated rings. The second kappa shape index (κ2) is 11.9. The lowest BCUT2D eigenvalue weighted by Crippen LogP contribution is -2.13. The molecular formula is C26H26N6O2. The monoisotopic (exact) mass is 454 g/mol. The van der Waals surface area contributed by atoms with Crippen LogP contribution in [0.5, 0.6) is 0 Å². The van der Waals surface area contributed by atoms with Gasteiger partial charge in [0.05, 0.1) is 0 Å². The number of dihydropyridines is 1. The van der Waals surface area contributed by atoms with Crippen molar-refractivity contribution in [1.82, 2.24) is 10.3 Å². The summed E-state index contributed by atoms with van der Waals surface area (Å²) < 4.78 is 4.71. The number of nitrogens with zero attached hydrogens (tertiary/aromatic N) is 1. The maximum atomic E-state index is 12.8. The maximum Gasteiger partial charge on any atom is 0.251 e. The van der Waals surface area contributed by atoms with Crippen LogP contribution in [0.25, 0.3) is 11.6 Å². The van der Waals surface area contributed by atoms with Gasteiger partial charge in [0.25, 0.3) is 5.91 Å². The van der Waals surface area contributed by atoms with E-state index >= 15 is 0 Å². The normalized spacial score (nSPS) is 14.1. The highest BCUT2D eigenvalue weighted by Crippen LogP contribution is 2.23. The first kappa shape index (κ1) is 24.1. The van der Waals surface area contributed by atoms with Crippen molar-refractivity contribution in [3.05, 3.63) is 95.1 Å². The van der Waals surface area contributed by atoms with Crippen molar-refractivity contribution >= 4 is 41.8 Å². The van der Waals surface area contributed by atoms with E-state index in [-0.39, 0.29) is 11.8 Å². The number of nitrogens with one attached hydrogen (secondary N) is 5. The van der Waals surface area contributed by atoms with E-state index < -0.39 is 0 Å². The van der Waals surface area contributed by atoms with Crippen LogP contribution in [-0.2, 0) is 16.0 Å². The van der Waals surface area contributed by atoms with E-state index in [0.29, 0.717) is 29.7 Å². The van der Waals surface area contributed by atoms with Crippen molar-refractivity contribution < 1.29 is 9.53 Å². The Morgan fingerprint density at radius 3 is 2.65 bits per heavy atom. The quantitative estimate of drug-likeness (QED) is 0.213. The van der Waals surface area contributed by atoms with Gasteiger partial charge >= 0.3 is 0 Å². The van der Waals surface area contributed by atoms with Crippen molar-refractivity contribution in [2.75, 3.05) is 5.32 Å². The third kappa shape index (κ3) is 6.46. The predicted molar refractivity (Wildman–Crippen MR) is 136 cm³/mol. The molecule has 1 aliphatic rings. The van der Waals surface area contributed by atoms with Crippen LogP contribution in [0.1, 0.15) is 30.0 Å². The lowest BCUT2D eigenvalue weighted by molar-refractivity contribution is -0.112. The highest BCUT2D eigenvalue weighted by Gasteiger charge is 2.12. The molecule has 2 aromatic rings. The minimum absolute atomic E-state index is 0.0384. The van der Waals surface area contributed by atoms with Gasteiger partial charge in [-0.15, -0.1) is 0 Å². The maximum absolute atomic E-state index is 12.8. The minimum Gasteiger partial charge on any atom is -0.433 e. The van der Waals surface area contributed by atoms with Crippen LogP contribution in [0, 0.1) is 16.2 Å². The molecule has 34 heavy (non-hydrogen) atoms. The number of aryl methyl sites for hydroxylation is 1. The second-order valence-electron chi connectivity index (χ2n) is 7.43. The van der Waals surface area contributed by atoms with Gasteiger partial charge in [0.2, 0.25) is 0 Å². The van der Waals surface area contributed by atoms with Crippen LogP contribution in [0.15, 0.2) is 78.4 Å². The summed E-state index contributed by atoms with van der Waals surface area (Å²) in [6.45, 7) is 1.73. The summed E-state index contributed by atoms with van der Waals surface area (Å²) in [5.41, 5.74) is 5.16. The molecule has 1 aliphatic heterocycles. The Labute approximate surface area is 198 Å². The molecular weight excluding hydrogens is 428 g/mol. The van der Waals surface area contributed by atoms with E-state index in [2.05, 4.69) is 15.6 Å². The molecule has 3 rings (SSSR count). The van der Waals surface area contributed by atoms with Crippen molar-refractivity contribution in [1.29, 1.82) is 16.2 Å². The highest BCUT2D eigenvalue weighted by atomic mass is 16.5. The Hall–Kier alpha value is -4.59. The van der Waals surface area contributed by atoms with Crippen LogP contribution >= 0.6 is 0 Å². The van der Waals surface area contributed by atoms with Crippen LogP contribution in [-0.4, -0.2) is 29.4 Å². The largest absolute Gasteiger partial charge is 0.433 e. The Morgan fingerprint density at radius 2 is 1.97 bits per heavy atom. The molecule has 0 saturated heterocycles. The Balaban J connectivity index is 1.72. The van der Waals surface area contributed by atoms with E-state index in [0.717, 1.165) is 28.8 Å². The van der Waals surface area contributed by atoms with Gasteiger partial charge in [0.1, 0.15) is 0 Å². The number of anilines is 1. The minimum atomic E-state index is -0.244. The topological polar surface area (TPSA) is 135 Å². The molecule has 1 aromatic heterocycles. The summed E-state index contributed by atoms with van der Waals surface area (Å²) in [5.74, 6) is -0.206. The fourth-order valence-corrected chi connectivity index (χ4v) is 3.30. The van der Waals surface area contributed by atoms with E-state index in [1.165, 1.54) is 6.21 Å². The Kier molecular flexibility index (Phi) is 8.40. The van der Waals surface area contributed by atoms with E-state index in [9.17, 15) is 4.79 Å². The lowest BCUT2D eigenvalue weighted by Gasteiger charge is -2.13. The summed E-state index contributed by atoms with van der Waals surface area (Å²) in [7, 11) is 0. The van der Waals surface area contributed by atoms with Crippen molar-refractivity contribution in [2.45, 2.75) is 19.8 Å². The third-order valence-electron chi connectivity index (χ3n) is 5.07. The molecule has 0 aliphatic carbocycles. The summed E-state index contributed by atoms with van der Waals surface area (Å²) in [5, 5.41) is 28.3. The molecule has 0 bridgehead atoms. The molecule has 8 nitrogen and oxygen atoms in total. The third-order valence-corrected chi connectivity index (χ3v) is 5.07. The number of hydrogen-bond acceptors (Lipinski definition) is 7. The number of rotatable bonds is 9. The van der Waals surface area contributed by atoms with Gasteiger partial charge in [-0.1, -0.05) is 18.2 Å². The summed E-state index contributed by atoms with van der Waals surface area (Å²) in [6, 6.07) is 9.21. The lowest BCUT2D eigenvalue weighted by atomic mass is 9.98. The molecule has 2 heterocycles. The zero-order valence-corrected chi connectivity index (χ0v) is 18.8. The molecule has 1 amide bonds. The van der Waals surface area contributed by atoms with Crippen LogP contribution in [0.4, 0.5) is 5.69 Å². The first-order chi connectivity index (χ1) is 16.5. The molecule has 0 radical (unpaired) electrons. The molecule has 0 atom stereocenters. The Morgan fingerprint density at radius 1 is 1.18 bits per heavy atom.